The highest BCUT2D eigenvalue weighted by atomic mass is 35.5. The number of nitrogens with one attached hydrogen (secondary N) is 1. The van der Waals surface area contributed by atoms with Crippen LogP contribution in [0.15, 0.2) is 24.3 Å². The molecule has 5 nitrogen and oxygen atoms in total. The summed E-state index contributed by atoms with van der Waals surface area (Å²) in [6.07, 6.45) is 5.80. The van der Waals surface area contributed by atoms with E-state index in [1.54, 1.807) is 0 Å². The summed E-state index contributed by atoms with van der Waals surface area (Å²) in [5, 5.41) is 13.3. The van der Waals surface area contributed by atoms with Gasteiger partial charge in [-0.3, -0.25) is 14.5 Å². The Bertz CT molecular complexity index is 649. The zero-order valence-electron chi connectivity index (χ0n) is 15.2. The maximum Gasteiger partial charge on any atom is 0.320 e. The third-order valence-corrected chi connectivity index (χ3v) is 6.10. The molecule has 6 heteroatoms. The fourth-order valence-electron chi connectivity index (χ4n) is 4.55. The molecule has 0 spiro atoms. The molecule has 26 heavy (non-hydrogen) atoms. The summed E-state index contributed by atoms with van der Waals surface area (Å²) in [4.78, 5) is 26.3. The van der Waals surface area contributed by atoms with Gasteiger partial charge in [0.1, 0.15) is 6.04 Å². The Morgan fingerprint density at radius 2 is 1.96 bits per heavy atom. The minimum absolute atomic E-state index is 0.0900. The molecule has 3 rings (SSSR count). The monoisotopic (exact) mass is 378 g/mol. The molecule has 1 saturated carbocycles. The third kappa shape index (κ3) is 4.21. The van der Waals surface area contributed by atoms with Crippen molar-refractivity contribution in [1.82, 2.24) is 10.2 Å². The molecule has 0 bridgehead atoms. The number of carboxylic acid groups (broad SMARTS) is 1. The molecule has 2 N–H and O–H groups in total. The Morgan fingerprint density at radius 3 is 2.62 bits per heavy atom. The Kier molecular flexibility index (Phi) is 6.20. The van der Waals surface area contributed by atoms with Crippen molar-refractivity contribution in [2.75, 3.05) is 6.54 Å². The van der Waals surface area contributed by atoms with Crippen LogP contribution in [0.1, 0.15) is 57.1 Å². The average Bonchev–Trinajstić information content (AvgIpc) is 2.99. The number of aliphatic carboxylic acids is 1. The minimum Gasteiger partial charge on any atom is -0.480 e. The van der Waals surface area contributed by atoms with Crippen LogP contribution in [0, 0.1) is 5.92 Å². The normalized spacial score (nSPS) is 26.9. The van der Waals surface area contributed by atoms with Gasteiger partial charge in [0, 0.05) is 11.1 Å². The van der Waals surface area contributed by atoms with Crippen LogP contribution in [0.25, 0.3) is 0 Å². The van der Waals surface area contributed by atoms with E-state index in [9.17, 15) is 14.7 Å². The predicted octanol–water partition coefficient (Wildman–Crippen LogP) is 3.63. The highest BCUT2D eigenvalue weighted by Gasteiger charge is 2.45. The molecule has 1 aliphatic heterocycles. The molecule has 1 aliphatic carbocycles. The lowest BCUT2D eigenvalue weighted by Gasteiger charge is -2.32. The van der Waals surface area contributed by atoms with Crippen LogP contribution in [-0.2, 0) is 9.59 Å². The maximum absolute atomic E-state index is 12.7. The Hall–Kier alpha value is -1.59. The quantitative estimate of drug-likeness (QED) is 0.793. The van der Waals surface area contributed by atoms with E-state index < -0.39 is 12.0 Å². The third-order valence-electron chi connectivity index (χ3n) is 5.85. The number of likely N-dealkylation sites (tertiary alicyclic amines) is 1. The topological polar surface area (TPSA) is 69.6 Å². The van der Waals surface area contributed by atoms with Gasteiger partial charge in [-0.15, -0.1) is 0 Å². The number of carbonyl (C=O) groups is 2. The molecule has 4 unspecified atom stereocenters. The van der Waals surface area contributed by atoms with Gasteiger partial charge in [0.15, 0.2) is 0 Å². The van der Waals surface area contributed by atoms with Crippen LogP contribution in [0.2, 0.25) is 5.02 Å². The summed E-state index contributed by atoms with van der Waals surface area (Å²) in [5.74, 6) is -0.503. The second-order valence-corrected chi connectivity index (χ2v) is 7.89. The number of hydrogen-bond donors (Lipinski definition) is 2. The molecule has 2 fully saturated rings. The first-order chi connectivity index (χ1) is 12.5. The van der Waals surface area contributed by atoms with Crippen molar-refractivity contribution in [2.45, 2.75) is 63.6 Å². The Balaban J connectivity index is 1.67. The van der Waals surface area contributed by atoms with Gasteiger partial charge < -0.3 is 10.4 Å². The van der Waals surface area contributed by atoms with E-state index in [0.717, 1.165) is 31.2 Å². The molecular formula is C20H27ClN2O3. The number of benzene rings is 1. The van der Waals surface area contributed by atoms with Crippen LogP contribution in [0.5, 0.6) is 0 Å². The molecule has 2 aliphatic rings. The van der Waals surface area contributed by atoms with Crippen molar-refractivity contribution < 1.29 is 14.7 Å². The number of carbonyl (C=O) groups excluding carboxylic acids is 1. The lowest BCUT2D eigenvalue weighted by atomic mass is 9.85. The van der Waals surface area contributed by atoms with E-state index in [-0.39, 0.29) is 24.5 Å². The lowest BCUT2D eigenvalue weighted by molar-refractivity contribution is -0.143. The molecule has 142 valence electrons. The molecule has 1 aromatic carbocycles. The molecule has 1 heterocycles. The van der Waals surface area contributed by atoms with Gasteiger partial charge in [-0.25, -0.2) is 0 Å². The molecule has 0 radical (unpaired) electrons. The standard InChI is InChI=1S/C20H27ClN2O3/c1-2-16(13-7-9-15(21)10-8-13)22-19(24)12-23-17-6-4-3-5-14(17)11-18(23)20(25)26/h7-10,14,16-18H,2-6,11-12H2,1H3,(H,22,24)(H,25,26). The highest BCUT2D eigenvalue weighted by Crippen LogP contribution is 2.39. The number of halogens is 1. The molecule has 1 amide bonds. The van der Waals surface area contributed by atoms with E-state index in [1.165, 1.54) is 6.42 Å². The SMILES string of the molecule is CCC(NC(=O)CN1C(C(=O)O)CC2CCCCC21)c1ccc(Cl)cc1. The Labute approximate surface area is 159 Å². The average molecular weight is 379 g/mol. The first-order valence-electron chi connectivity index (χ1n) is 9.53. The minimum atomic E-state index is -0.808. The number of nitrogens with zero attached hydrogens (tertiary/aromatic N) is 1. The molecule has 4 atom stereocenters. The first kappa shape index (κ1) is 19.2. The van der Waals surface area contributed by atoms with Crippen molar-refractivity contribution in [3.63, 3.8) is 0 Å². The van der Waals surface area contributed by atoms with Gasteiger partial charge in [-0.2, -0.15) is 0 Å². The maximum atomic E-state index is 12.7. The summed E-state index contributed by atoms with van der Waals surface area (Å²) in [6, 6.07) is 7.08. The number of fused-ring (bicyclic) bond motifs is 1. The van der Waals surface area contributed by atoms with E-state index >= 15 is 0 Å². The summed E-state index contributed by atoms with van der Waals surface area (Å²) in [7, 11) is 0. The van der Waals surface area contributed by atoms with Gasteiger partial charge in [-0.05, 0) is 49.3 Å². The van der Waals surface area contributed by atoms with Crippen molar-refractivity contribution in [2.24, 2.45) is 5.92 Å². The number of carboxylic acids is 1. The van der Waals surface area contributed by atoms with Gasteiger partial charge in [0.05, 0.1) is 12.6 Å². The van der Waals surface area contributed by atoms with Crippen molar-refractivity contribution in [1.29, 1.82) is 0 Å². The second kappa shape index (κ2) is 8.40. The van der Waals surface area contributed by atoms with Crippen LogP contribution in [0.3, 0.4) is 0 Å². The summed E-state index contributed by atoms with van der Waals surface area (Å²) in [6.45, 7) is 2.18. The van der Waals surface area contributed by atoms with Crippen LogP contribution < -0.4 is 5.32 Å². The molecule has 0 aromatic heterocycles. The lowest BCUT2D eigenvalue weighted by Crippen LogP contribution is -2.48. The Morgan fingerprint density at radius 1 is 1.27 bits per heavy atom. The van der Waals surface area contributed by atoms with E-state index in [0.29, 0.717) is 17.4 Å². The fraction of sp³-hybridized carbons (Fsp3) is 0.600. The van der Waals surface area contributed by atoms with Gasteiger partial charge >= 0.3 is 5.97 Å². The van der Waals surface area contributed by atoms with Gasteiger partial charge in [0.2, 0.25) is 5.91 Å². The van der Waals surface area contributed by atoms with Gasteiger partial charge in [-0.1, -0.05) is 43.5 Å². The number of rotatable bonds is 6. The van der Waals surface area contributed by atoms with E-state index in [2.05, 4.69) is 5.32 Å². The van der Waals surface area contributed by atoms with Crippen molar-refractivity contribution >= 4 is 23.5 Å². The van der Waals surface area contributed by atoms with Crippen molar-refractivity contribution in [3.05, 3.63) is 34.9 Å². The van der Waals surface area contributed by atoms with E-state index in [1.807, 2.05) is 36.1 Å². The zero-order valence-corrected chi connectivity index (χ0v) is 15.9. The number of amides is 1. The largest absolute Gasteiger partial charge is 0.480 e. The highest BCUT2D eigenvalue weighted by molar-refractivity contribution is 6.30. The smallest absolute Gasteiger partial charge is 0.320 e. The van der Waals surface area contributed by atoms with Crippen molar-refractivity contribution in [3.8, 4) is 0 Å². The molecule has 1 saturated heterocycles. The molecular weight excluding hydrogens is 352 g/mol. The first-order valence-corrected chi connectivity index (χ1v) is 9.90. The summed E-state index contributed by atoms with van der Waals surface area (Å²) in [5.41, 5.74) is 1.01. The second-order valence-electron chi connectivity index (χ2n) is 7.45. The number of hydrogen-bond acceptors (Lipinski definition) is 3. The zero-order chi connectivity index (χ0) is 18.7. The van der Waals surface area contributed by atoms with Crippen LogP contribution >= 0.6 is 11.6 Å². The van der Waals surface area contributed by atoms with E-state index in [4.69, 9.17) is 11.6 Å². The fourth-order valence-corrected chi connectivity index (χ4v) is 4.67. The summed E-state index contributed by atoms with van der Waals surface area (Å²) >= 11 is 5.94. The van der Waals surface area contributed by atoms with Gasteiger partial charge in [0.25, 0.3) is 0 Å². The van der Waals surface area contributed by atoms with Crippen LogP contribution in [0.4, 0.5) is 0 Å². The molecule has 1 aromatic rings. The summed E-state index contributed by atoms with van der Waals surface area (Å²) < 4.78 is 0. The van der Waals surface area contributed by atoms with Crippen LogP contribution in [-0.4, -0.2) is 40.5 Å². The predicted molar refractivity (Wildman–Crippen MR) is 101 cm³/mol.